The van der Waals surface area contributed by atoms with Gasteiger partial charge in [0.05, 0.1) is 18.8 Å². The monoisotopic (exact) mass is 570 g/mol. The Kier molecular flexibility index (Phi) is 30.8. The molecule has 0 rings (SSSR count). The van der Waals surface area contributed by atoms with Gasteiger partial charge in [0.2, 0.25) is 5.91 Å². The molecule has 0 aliphatic carbocycles. The molecule has 0 aromatic rings. The first-order valence-electron chi connectivity index (χ1n) is 17.8. The predicted molar refractivity (Wildman–Crippen MR) is 172 cm³/mol. The first kappa shape index (κ1) is 39.4. The number of carbonyl (C=O) groups excluding carboxylic acids is 1. The second-order valence-electron chi connectivity index (χ2n) is 12.4. The normalized spacial score (nSPS) is 13.8. The number of amides is 1. The highest BCUT2D eigenvalue weighted by molar-refractivity contribution is 5.76. The van der Waals surface area contributed by atoms with Crippen molar-refractivity contribution in [2.75, 3.05) is 6.61 Å². The van der Waals surface area contributed by atoms with E-state index < -0.39 is 18.2 Å². The zero-order chi connectivity index (χ0) is 29.5. The van der Waals surface area contributed by atoms with Gasteiger partial charge in [0.25, 0.3) is 0 Å². The zero-order valence-electron chi connectivity index (χ0n) is 27.0. The van der Waals surface area contributed by atoms with Gasteiger partial charge in [-0.3, -0.25) is 4.79 Å². The van der Waals surface area contributed by atoms with Gasteiger partial charge in [-0.2, -0.15) is 0 Å². The Morgan fingerprint density at radius 2 is 0.850 bits per heavy atom. The summed E-state index contributed by atoms with van der Waals surface area (Å²) in [7, 11) is 0. The lowest BCUT2D eigenvalue weighted by Crippen LogP contribution is -2.50. The minimum Gasteiger partial charge on any atom is -0.394 e. The molecule has 0 aromatic heterocycles. The van der Waals surface area contributed by atoms with Crippen molar-refractivity contribution in [2.24, 2.45) is 0 Å². The van der Waals surface area contributed by atoms with Crippen LogP contribution in [0.4, 0.5) is 0 Å². The molecule has 0 saturated carbocycles. The quantitative estimate of drug-likeness (QED) is 0.0608. The summed E-state index contributed by atoms with van der Waals surface area (Å²) >= 11 is 0. The van der Waals surface area contributed by atoms with E-state index in [4.69, 9.17) is 0 Å². The van der Waals surface area contributed by atoms with Crippen molar-refractivity contribution in [2.45, 2.75) is 212 Å². The summed E-state index contributed by atoms with van der Waals surface area (Å²) in [6.45, 7) is 4.15. The van der Waals surface area contributed by atoms with Crippen LogP contribution in [0, 0.1) is 0 Å². The molecule has 5 heteroatoms. The van der Waals surface area contributed by atoms with Gasteiger partial charge in [0.15, 0.2) is 0 Å². The fraction of sp³-hybridized carbons (Fsp3) is 0.971. The standard InChI is InChI=1S/C35H71NO4/c1-3-5-7-9-11-13-14-15-16-17-18-19-20-22-24-26-28-30-34(39)36-32(31-37)35(40)33(38)29-27-25-23-21-12-10-8-6-4-2/h32-33,35,37-38,40H,3-31H2,1-2H3,(H,36,39). The van der Waals surface area contributed by atoms with E-state index in [1.54, 1.807) is 0 Å². The lowest BCUT2D eigenvalue weighted by atomic mass is 9.99. The third-order valence-electron chi connectivity index (χ3n) is 8.46. The van der Waals surface area contributed by atoms with E-state index in [9.17, 15) is 20.1 Å². The molecule has 0 radical (unpaired) electrons. The number of rotatable bonds is 32. The fourth-order valence-corrected chi connectivity index (χ4v) is 5.63. The maximum atomic E-state index is 12.3. The van der Waals surface area contributed by atoms with Crippen LogP contribution in [0.2, 0.25) is 0 Å². The Bertz CT molecular complexity index is 516. The molecule has 0 aliphatic heterocycles. The van der Waals surface area contributed by atoms with Crippen molar-refractivity contribution in [1.29, 1.82) is 0 Å². The summed E-state index contributed by atoms with van der Waals surface area (Å²) in [5.41, 5.74) is 0. The summed E-state index contributed by atoms with van der Waals surface area (Å²) in [5.74, 6) is -0.144. The van der Waals surface area contributed by atoms with Gasteiger partial charge in [-0.05, 0) is 12.8 Å². The first-order valence-corrected chi connectivity index (χ1v) is 17.8. The molecule has 0 aromatic carbocycles. The Morgan fingerprint density at radius 3 is 1.20 bits per heavy atom. The molecule has 0 fully saturated rings. The molecule has 0 bridgehead atoms. The molecule has 0 spiro atoms. The minimum atomic E-state index is -1.13. The smallest absolute Gasteiger partial charge is 0.220 e. The number of hydrogen-bond acceptors (Lipinski definition) is 4. The largest absolute Gasteiger partial charge is 0.394 e. The van der Waals surface area contributed by atoms with Crippen molar-refractivity contribution in [3.63, 3.8) is 0 Å². The third kappa shape index (κ3) is 26.3. The summed E-state index contributed by atoms with van der Waals surface area (Å²) in [6, 6.07) is -0.799. The molecular formula is C35H71NO4. The maximum Gasteiger partial charge on any atom is 0.220 e. The van der Waals surface area contributed by atoms with E-state index in [2.05, 4.69) is 19.2 Å². The van der Waals surface area contributed by atoms with Gasteiger partial charge in [-0.25, -0.2) is 0 Å². The Labute approximate surface area is 249 Å². The van der Waals surface area contributed by atoms with Crippen molar-refractivity contribution in [3.05, 3.63) is 0 Å². The first-order chi connectivity index (χ1) is 19.6. The Hall–Kier alpha value is -0.650. The van der Waals surface area contributed by atoms with Gasteiger partial charge in [-0.1, -0.05) is 174 Å². The zero-order valence-corrected chi connectivity index (χ0v) is 27.0. The van der Waals surface area contributed by atoms with Crippen LogP contribution in [0.25, 0.3) is 0 Å². The van der Waals surface area contributed by atoms with Crippen LogP contribution in [-0.4, -0.2) is 46.1 Å². The SMILES string of the molecule is CCCCCCCCCCCCCCCCCCCC(=O)NC(CO)C(O)C(O)CCCCCCCCCCC. The van der Waals surface area contributed by atoms with Crippen molar-refractivity contribution < 1.29 is 20.1 Å². The van der Waals surface area contributed by atoms with Crippen LogP contribution < -0.4 is 5.32 Å². The fourth-order valence-electron chi connectivity index (χ4n) is 5.63. The van der Waals surface area contributed by atoms with Crippen LogP contribution in [0.3, 0.4) is 0 Å². The van der Waals surface area contributed by atoms with Crippen molar-refractivity contribution in [3.8, 4) is 0 Å². The van der Waals surface area contributed by atoms with Crippen LogP contribution in [-0.2, 0) is 4.79 Å². The second kappa shape index (κ2) is 31.3. The molecule has 240 valence electrons. The number of aliphatic hydroxyl groups excluding tert-OH is 3. The number of hydrogen-bond donors (Lipinski definition) is 4. The molecule has 5 nitrogen and oxygen atoms in total. The van der Waals surface area contributed by atoms with Crippen LogP contribution in [0.15, 0.2) is 0 Å². The van der Waals surface area contributed by atoms with E-state index in [-0.39, 0.29) is 12.5 Å². The van der Waals surface area contributed by atoms with Gasteiger partial charge in [-0.15, -0.1) is 0 Å². The Morgan fingerprint density at radius 1 is 0.525 bits per heavy atom. The lowest BCUT2D eigenvalue weighted by Gasteiger charge is -2.26. The van der Waals surface area contributed by atoms with Gasteiger partial charge in [0.1, 0.15) is 6.10 Å². The van der Waals surface area contributed by atoms with Gasteiger partial charge in [0, 0.05) is 6.42 Å². The van der Waals surface area contributed by atoms with E-state index in [1.807, 2.05) is 0 Å². The van der Waals surface area contributed by atoms with E-state index >= 15 is 0 Å². The average molecular weight is 570 g/mol. The van der Waals surface area contributed by atoms with Crippen LogP contribution >= 0.6 is 0 Å². The molecule has 3 atom stereocenters. The number of unbranched alkanes of at least 4 members (excludes halogenated alkanes) is 24. The highest BCUT2D eigenvalue weighted by Gasteiger charge is 2.26. The van der Waals surface area contributed by atoms with Crippen molar-refractivity contribution in [1.82, 2.24) is 5.32 Å². The molecule has 0 saturated heterocycles. The second-order valence-corrected chi connectivity index (χ2v) is 12.4. The average Bonchev–Trinajstić information content (AvgIpc) is 2.96. The number of nitrogens with one attached hydrogen (secondary N) is 1. The predicted octanol–water partition coefficient (Wildman–Crippen LogP) is 9.15. The summed E-state index contributed by atoms with van der Waals surface area (Å²) in [4.78, 5) is 12.3. The van der Waals surface area contributed by atoms with Crippen molar-refractivity contribution >= 4 is 5.91 Å². The number of carbonyl (C=O) groups is 1. The highest BCUT2D eigenvalue weighted by Crippen LogP contribution is 2.16. The molecule has 4 N–H and O–H groups in total. The molecule has 0 heterocycles. The topological polar surface area (TPSA) is 89.8 Å². The highest BCUT2D eigenvalue weighted by atomic mass is 16.3. The minimum absolute atomic E-state index is 0.144. The van der Waals surface area contributed by atoms with Crippen LogP contribution in [0.1, 0.15) is 194 Å². The third-order valence-corrected chi connectivity index (χ3v) is 8.46. The molecule has 3 unspecified atom stereocenters. The van der Waals surface area contributed by atoms with Crippen LogP contribution in [0.5, 0.6) is 0 Å². The van der Waals surface area contributed by atoms with Gasteiger partial charge < -0.3 is 20.6 Å². The number of aliphatic hydroxyl groups is 3. The maximum absolute atomic E-state index is 12.3. The van der Waals surface area contributed by atoms with E-state index in [1.165, 1.54) is 128 Å². The summed E-state index contributed by atoms with van der Waals surface area (Å²) in [6.07, 6.45) is 32.0. The summed E-state index contributed by atoms with van der Waals surface area (Å²) in [5, 5.41) is 33.2. The summed E-state index contributed by atoms with van der Waals surface area (Å²) < 4.78 is 0. The molecule has 1 amide bonds. The van der Waals surface area contributed by atoms with Gasteiger partial charge >= 0.3 is 0 Å². The lowest BCUT2D eigenvalue weighted by molar-refractivity contribution is -0.124. The van der Waals surface area contributed by atoms with E-state index in [0.29, 0.717) is 12.8 Å². The molecular weight excluding hydrogens is 498 g/mol. The molecule has 0 aliphatic rings. The van der Waals surface area contributed by atoms with E-state index in [0.717, 1.165) is 38.5 Å². The molecule has 40 heavy (non-hydrogen) atoms. The Balaban J connectivity index is 3.63.